The average molecular weight is 715 g/mol. The van der Waals surface area contributed by atoms with Gasteiger partial charge in [0, 0.05) is 34.4 Å². The van der Waals surface area contributed by atoms with E-state index in [1.807, 2.05) is 0 Å². The van der Waals surface area contributed by atoms with Crippen LogP contribution in [0.15, 0.2) is 212 Å². The third-order valence-electron chi connectivity index (χ3n) is 11.8. The van der Waals surface area contributed by atoms with Crippen molar-refractivity contribution in [2.24, 2.45) is 0 Å². The highest BCUT2D eigenvalue weighted by atomic mass is 15.2. The molecule has 9 aromatic carbocycles. The van der Waals surface area contributed by atoms with Gasteiger partial charge >= 0.3 is 0 Å². The van der Waals surface area contributed by atoms with Gasteiger partial charge in [0.2, 0.25) is 0 Å². The SMILES string of the molecule is C1=c2ccccc2=C(c2cccc(N(c3ccccc3)c3ccc(-c4ccc5c(ccc6ccccc65)c4)cc3)c2)C2c3ccccc3N(c3ccccc3)C12. The summed E-state index contributed by atoms with van der Waals surface area (Å²) in [6.07, 6.45) is 2.48. The molecule has 0 bridgehead atoms. The Labute approximate surface area is 327 Å². The van der Waals surface area contributed by atoms with E-state index in [1.54, 1.807) is 0 Å². The average Bonchev–Trinajstić information content (AvgIpc) is 3.60. The second-order valence-electron chi connectivity index (χ2n) is 14.9. The van der Waals surface area contributed by atoms with E-state index in [0.717, 1.165) is 17.1 Å². The van der Waals surface area contributed by atoms with Gasteiger partial charge in [0.05, 0.1) is 6.04 Å². The molecule has 2 heteroatoms. The summed E-state index contributed by atoms with van der Waals surface area (Å²) < 4.78 is 0. The van der Waals surface area contributed by atoms with Crippen LogP contribution in [0, 0.1) is 0 Å². The monoisotopic (exact) mass is 714 g/mol. The van der Waals surface area contributed by atoms with Crippen LogP contribution in [-0.4, -0.2) is 6.04 Å². The van der Waals surface area contributed by atoms with Crippen LogP contribution in [0.25, 0.3) is 44.3 Å². The Morgan fingerprint density at radius 2 is 1.07 bits per heavy atom. The van der Waals surface area contributed by atoms with Crippen LogP contribution in [0.3, 0.4) is 0 Å². The molecule has 0 aromatic heterocycles. The third kappa shape index (κ3) is 5.33. The van der Waals surface area contributed by atoms with Crippen molar-refractivity contribution < 1.29 is 0 Å². The van der Waals surface area contributed by atoms with Gasteiger partial charge in [0.25, 0.3) is 0 Å². The highest BCUT2D eigenvalue weighted by Crippen LogP contribution is 2.51. The number of para-hydroxylation sites is 3. The van der Waals surface area contributed by atoms with Crippen LogP contribution in [0.4, 0.5) is 28.4 Å². The molecule has 0 saturated heterocycles. The molecular weight excluding hydrogens is 677 g/mol. The zero-order valence-electron chi connectivity index (χ0n) is 30.8. The van der Waals surface area contributed by atoms with Gasteiger partial charge in [-0.2, -0.15) is 0 Å². The lowest BCUT2D eigenvalue weighted by Crippen LogP contribution is -2.41. The number of rotatable bonds is 6. The van der Waals surface area contributed by atoms with Gasteiger partial charge in [-0.1, -0.05) is 158 Å². The Bertz CT molecular complexity index is 3040. The van der Waals surface area contributed by atoms with E-state index in [1.165, 1.54) is 71.2 Å². The van der Waals surface area contributed by atoms with Crippen LogP contribution < -0.4 is 20.2 Å². The summed E-state index contributed by atoms with van der Waals surface area (Å²) in [6, 6.07) is 77.8. The summed E-state index contributed by atoms with van der Waals surface area (Å²) in [7, 11) is 0. The van der Waals surface area contributed by atoms with Gasteiger partial charge in [-0.05, 0) is 120 Å². The molecule has 1 aliphatic carbocycles. The molecule has 0 fully saturated rings. The van der Waals surface area contributed by atoms with Crippen molar-refractivity contribution in [3.05, 3.63) is 234 Å². The number of hydrogen-bond acceptors (Lipinski definition) is 2. The van der Waals surface area contributed by atoms with E-state index in [4.69, 9.17) is 0 Å². The molecule has 1 aliphatic heterocycles. The molecule has 0 amide bonds. The van der Waals surface area contributed by atoms with E-state index in [2.05, 4.69) is 228 Å². The van der Waals surface area contributed by atoms with Crippen molar-refractivity contribution in [3.8, 4) is 11.1 Å². The smallest absolute Gasteiger partial charge is 0.0641 e. The summed E-state index contributed by atoms with van der Waals surface area (Å²) in [5, 5.41) is 7.69. The number of benzene rings is 9. The van der Waals surface area contributed by atoms with Crippen molar-refractivity contribution in [3.63, 3.8) is 0 Å². The van der Waals surface area contributed by atoms with Crippen LogP contribution in [-0.2, 0) is 0 Å². The molecule has 2 aliphatic rings. The largest absolute Gasteiger partial charge is 0.333 e. The molecule has 0 spiro atoms. The zero-order chi connectivity index (χ0) is 37.0. The third-order valence-corrected chi connectivity index (χ3v) is 11.8. The van der Waals surface area contributed by atoms with Crippen molar-refractivity contribution in [1.82, 2.24) is 0 Å². The molecule has 9 aromatic rings. The molecule has 1 heterocycles. The van der Waals surface area contributed by atoms with Crippen molar-refractivity contribution in [2.75, 3.05) is 9.80 Å². The fourth-order valence-electron chi connectivity index (χ4n) is 9.27. The van der Waals surface area contributed by atoms with Gasteiger partial charge in [-0.15, -0.1) is 0 Å². The summed E-state index contributed by atoms with van der Waals surface area (Å²) >= 11 is 0. The molecule has 0 radical (unpaired) electrons. The van der Waals surface area contributed by atoms with Crippen molar-refractivity contribution in [1.29, 1.82) is 0 Å². The van der Waals surface area contributed by atoms with E-state index in [0.29, 0.717) is 0 Å². The first-order valence-corrected chi connectivity index (χ1v) is 19.5. The minimum Gasteiger partial charge on any atom is -0.333 e. The molecule has 2 unspecified atom stereocenters. The van der Waals surface area contributed by atoms with Gasteiger partial charge in [-0.25, -0.2) is 0 Å². The standard InChI is InChI=1S/C54H38N2/c1-3-17-43(18-4-1)55(45-31-28-37(29-32-45)39-30-33-48-41(34-39)27-26-38-14-7-9-22-47(38)48)46-21-13-16-42(35-46)53-49-23-10-8-15-40(49)36-52-54(53)50-24-11-12-25-51(50)56(52)44-19-5-2-6-20-44/h1-36,52,54H. The Hall–Kier alpha value is -7.16. The minimum atomic E-state index is 0.148. The normalized spacial score (nSPS) is 15.6. The molecule has 0 N–H and O–H groups in total. The van der Waals surface area contributed by atoms with Crippen LogP contribution in [0.5, 0.6) is 0 Å². The van der Waals surface area contributed by atoms with Crippen LogP contribution in [0.1, 0.15) is 17.0 Å². The summed E-state index contributed by atoms with van der Waals surface area (Å²) in [6.45, 7) is 0. The molecule has 56 heavy (non-hydrogen) atoms. The first kappa shape index (κ1) is 32.3. The maximum Gasteiger partial charge on any atom is 0.0641 e. The number of fused-ring (bicyclic) bond motifs is 7. The van der Waals surface area contributed by atoms with Gasteiger partial charge in [0.15, 0.2) is 0 Å². The van der Waals surface area contributed by atoms with Crippen molar-refractivity contribution >= 4 is 61.6 Å². The van der Waals surface area contributed by atoms with E-state index in [-0.39, 0.29) is 12.0 Å². The van der Waals surface area contributed by atoms with Crippen LogP contribution in [0.2, 0.25) is 0 Å². The Balaban J connectivity index is 1.02. The molecular formula is C54H38N2. The number of hydrogen-bond donors (Lipinski definition) is 0. The molecule has 0 saturated carbocycles. The minimum absolute atomic E-state index is 0.148. The quantitative estimate of drug-likeness (QED) is 0.158. The molecule has 2 nitrogen and oxygen atoms in total. The van der Waals surface area contributed by atoms with E-state index < -0.39 is 0 Å². The number of anilines is 5. The Kier molecular flexibility index (Phi) is 7.67. The summed E-state index contributed by atoms with van der Waals surface area (Å²) in [5.41, 5.74) is 12.2. The van der Waals surface area contributed by atoms with E-state index in [9.17, 15) is 0 Å². The number of nitrogens with zero attached hydrogens (tertiary/aromatic N) is 2. The lowest BCUT2D eigenvalue weighted by molar-refractivity contribution is 0.785. The Morgan fingerprint density at radius 3 is 1.95 bits per heavy atom. The first-order valence-electron chi connectivity index (χ1n) is 19.5. The lowest BCUT2D eigenvalue weighted by Gasteiger charge is -2.32. The topological polar surface area (TPSA) is 6.48 Å². The van der Waals surface area contributed by atoms with Gasteiger partial charge < -0.3 is 9.80 Å². The van der Waals surface area contributed by atoms with E-state index >= 15 is 0 Å². The fraction of sp³-hybridized carbons (Fsp3) is 0.0370. The summed E-state index contributed by atoms with van der Waals surface area (Å²) in [4.78, 5) is 4.92. The molecule has 2 atom stereocenters. The molecule has 264 valence electrons. The fourth-order valence-corrected chi connectivity index (χ4v) is 9.27. The van der Waals surface area contributed by atoms with Crippen molar-refractivity contribution in [2.45, 2.75) is 12.0 Å². The van der Waals surface area contributed by atoms with Gasteiger partial charge in [-0.3, -0.25) is 0 Å². The summed E-state index contributed by atoms with van der Waals surface area (Å²) in [5.74, 6) is 0.168. The second kappa shape index (κ2) is 13.3. The maximum absolute atomic E-state index is 2.54. The predicted octanol–water partition coefficient (Wildman–Crippen LogP) is 12.4. The Morgan fingerprint density at radius 1 is 0.411 bits per heavy atom. The van der Waals surface area contributed by atoms with Crippen LogP contribution >= 0.6 is 0 Å². The van der Waals surface area contributed by atoms with Gasteiger partial charge in [0.1, 0.15) is 0 Å². The molecule has 11 rings (SSSR count). The zero-order valence-corrected chi connectivity index (χ0v) is 30.8. The lowest BCUT2D eigenvalue weighted by atomic mass is 9.79. The maximum atomic E-state index is 2.54. The highest BCUT2D eigenvalue weighted by molar-refractivity contribution is 6.08. The highest BCUT2D eigenvalue weighted by Gasteiger charge is 2.42. The predicted molar refractivity (Wildman–Crippen MR) is 236 cm³/mol. The second-order valence-corrected chi connectivity index (χ2v) is 14.9. The first-order chi connectivity index (χ1) is 27.8.